The van der Waals surface area contributed by atoms with Crippen LogP contribution in [-0.2, 0) is 16.1 Å². The summed E-state index contributed by atoms with van der Waals surface area (Å²) >= 11 is 0. The summed E-state index contributed by atoms with van der Waals surface area (Å²) in [6.45, 7) is 8.24. The summed E-state index contributed by atoms with van der Waals surface area (Å²) in [5.41, 5.74) is 0. The van der Waals surface area contributed by atoms with Crippen LogP contribution >= 0.6 is 12.4 Å². The Morgan fingerprint density at radius 3 is 2.64 bits per heavy atom. The van der Waals surface area contributed by atoms with E-state index in [2.05, 4.69) is 34.3 Å². The second kappa shape index (κ2) is 9.07. The van der Waals surface area contributed by atoms with Crippen molar-refractivity contribution in [2.75, 3.05) is 33.4 Å². The number of carbonyl (C=O) groups excluding carboxylic acids is 1. The lowest BCUT2D eigenvalue weighted by molar-refractivity contribution is -0.122. The smallest absolute Gasteiger partial charge is 0.240 e. The highest BCUT2D eigenvalue weighted by molar-refractivity contribution is 5.85. The quantitative estimate of drug-likeness (QED) is 0.784. The summed E-state index contributed by atoms with van der Waals surface area (Å²) in [4.78, 5) is 14.5. The van der Waals surface area contributed by atoms with E-state index in [0.717, 1.165) is 26.2 Å². The summed E-state index contributed by atoms with van der Waals surface area (Å²) in [5, 5.41) is 10.6. The monoisotopic (exact) mass is 331 g/mol. The molecule has 0 spiro atoms. The number of rotatable bonds is 7. The van der Waals surface area contributed by atoms with Gasteiger partial charge in [0.2, 0.25) is 5.91 Å². The topological polar surface area (TPSA) is 72.3 Å². The highest BCUT2D eigenvalue weighted by Gasteiger charge is 2.35. The van der Waals surface area contributed by atoms with Crippen LogP contribution < -0.4 is 5.32 Å². The molecule has 8 heteroatoms. The van der Waals surface area contributed by atoms with Crippen LogP contribution in [0.3, 0.4) is 0 Å². The molecule has 1 saturated heterocycles. The van der Waals surface area contributed by atoms with Gasteiger partial charge in [0.25, 0.3) is 0 Å². The number of hydrogen-bond donors (Lipinski definition) is 1. The Hall–Kier alpha value is -1.18. The molecule has 1 fully saturated rings. The minimum absolute atomic E-state index is 0. The number of carbonyl (C=O) groups is 1. The molecule has 2 rings (SSSR count). The highest BCUT2D eigenvalue weighted by Crippen LogP contribution is 2.24. The van der Waals surface area contributed by atoms with Crippen LogP contribution in [0.4, 0.5) is 0 Å². The van der Waals surface area contributed by atoms with Crippen molar-refractivity contribution in [3.8, 4) is 0 Å². The van der Waals surface area contributed by atoms with Crippen LogP contribution in [0.2, 0.25) is 0 Å². The van der Waals surface area contributed by atoms with Crippen LogP contribution in [0.15, 0.2) is 12.7 Å². The number of nitrogens with zero attached hydrogens (tertiary/aromatic N) is 4. The fourth-order valence-corrected chi connectivity index (χ4v) is 2.87. The largest absolute Gasteiger partial charge is 0.383 e. The standard InChI is InChI=1S/C14H25N5O2.ClH/c1-11(2)12-6-18(4-5-21-3)7-13(12)17-14(20)8-19-9-15-16-10-19;/h9-13H,4-8H2,1-3H3,(H,17,20);1H/t12-,13+;/m1./s1. The zero-order chi connectivity index (χ0) is 15.2. The number of methoxy groups -OCH3 is 1. The first kappa shape index (κ1) is 18.9. The molecule has 1 aromatic heterocycles. The third kappa shape index (κ3) is 5.23. The molecule has 1 aliphatic rings. The van der Waals surface area contributed by atoms with Crippen LogP contribution in [0.1, 0.15) is 13.8 Å². The van der Waals surface area contributed by atoms with E-state index in [4.69, 9.17) is 4.74 Å². The van der Waals surface area contributed by atoms with Crippen LogP contribution in [-0.4, -0.2) is 65.0 Å². The summed E-state index contributed by atoms with van der Waals surface area (Å²) in [5.74, 6) is 1.03. The average Bonchev–Trinajstić information content (AvgIpc) is 3.06. The van der Waals surface area contributed by atoms with E-state index in [1.807, 2.05) is 0 Å². The number of amides is 1. The summed E-state index contributed by atoms with van der Waals surface area (Å²) in [6, 6.07) is 0.200. The molecule has 0 aromatic carbocycles. The Kier molecular flexibility index (Phi) is 7.78. The second-order valence-electron chi connectivity index (χ2n) is 5.97. The van der Waals surface area contributed by atoms with E-state index in [-0.39, 0.29) is 30.9 Å². The van der Waals surface area contributed by atoms with Crippen molar-refractivity contribution in [1.82, 2.24) is 25.0 Å². The molecule has 1 amide bonds. The first-order valence-corrected chi connectivity index (χ1v) is 7.43. The van der Waals surface area contributed by atoms with Gasteiger partial charge in [0.05, 0.1) is 6.61 Å². The molecular formula is C14H26ClN5O2. The van der Waals surface area contributed by atoms with E-state index in [0.29, 0.717) is 11.8 Å². The average molecular weight is 332 g/mol. The molecule has 1 aliphatic heterocycles. The van der Waals surface area contributed by atoms with Crippen molar-refractivity contribution in [1.29, 1.82) is 0 Å². The number of aromatic nitrogens is 3. The number of nitrogens with one attached hydrogen (secondary N) is 1. The highest BCUT2D eigenvalue weighted by atomic mass is 35.5. The molecule has 0 bridgehead atoms. The molecular weight excluding hydrogens is 306 g/mol. The second-order valence-corrected chi connectivity index (χ2v) is 5.97. The fraction of sp³-hybridized carbons (Fsp3) is 0.786. The third-order valence-electron chi connectivity index (χ3n) is 4.05. The third-order valence-corrected chi connectivity index (χ3v) is 4.05. The van der Waals surface area contributed by atoms with E-state index in [1.165, 1.54) is 0 Å². The molecule has 0 aliphatic carbocycles. The Morgan fingerprint density at radius 2 is 2.05 bits per heavy atom. The van der Waals surface area contributed by atoms with Crippen LogP contribution in [0.25, 0.3) is 0 Å². The maximum Gasteiger partial charge on any atom is 0.240 e. The lowest BCUT2D eigenvalue weighted by Gasteiger charge is -2.23. The predicted octanol–water partition coefficient (Wildman–Crippen LogP) is 0.419. The molecule has 2 heterocycles. The van der Waals surface area contributed by atoms with Gasteiger partial charge in [0, 0.05) is 32.8 Å². The van der Waals surface area contributed by atoms with Gasteiger partial charge in [-0.2, -0.15) is 0 Å². The summed E-state index contributed by atoms with van der Waals surface area (Å²) in [6.07, 6.45) is 3.11. The molecule has 7 nitrogen and oxygen atoms in total. The first-order chi connectivity index (χ1) is 10.1. The minimum atomic E-state index is 0. The van der Waals surface area contributed by atoms with Gasteiger partial charge in [0.15, 0.2) is 0 Å². The summed E-state index contributed by atoms with van der Waals surface area (Å²) < 4.78 is 6.82. The van der Waals surface area contributed by atoms with E-state index < -0.39 is 0 Å². The van der Waals surface area contributed by atoms with Gasteiger partial charge in [-0.05, 0) is 11.8 Å². The first-order valence-electron chi connectivity index (χ1n) is 7.43. The molecule has 126 valence electrons. The van der Waals surface area contributed by atoms with Crippen LogP contribution in [0.5, 0.6) is 0 Å². The fourth-order valence-electron chi connectivity index (χ4n) is 2.87. The molecule has 0 saturated carbocycles. The molecule has 0 unspecified atom stereocenters. The van der Waals surface area contributed by atoms with Crippen molar-refractivity contribution in [3.63, 3.8) is 0 Å². The molecule has 1 N–H and O–H groups in total. The van der Waals surface area contributed by atoms with E-state index in [1.54, 1.807) is 24.3 Å². The lowest BCUT2D eigenvalue weighted by atomic mass is 9.91. The maximum absolute atomic E-state index is 12.1. The zero-order valence-electron chi connectivity index (χ0n) is 13.4. The minimum Gasteiger partial charge on any atom is -0.383 e. The Labute approximate surface area is 137 Å². The van der Waals surface area contributed by atoms with E-state index in [9.17, 15) is 4.79 Å². The van der Waals surface area contributed by atoms with E-state index >= 15 is 0 Å². The summed E-state index contributed by atoms with van der Waals surface area (Å²) in [7, 11) is 1.72. The number of ether oxygens (including phenoxy) is 1. The van der Waals surface area contributed by atoms with Gasteiger partial charge in [0.1, 0.15) is 19.2 Å². The van der Waals surface area contributed by atoms with Gasteiger partial charge >= 0.3 is 0 Å². The SMILES string of the molecule is COCCN1C[C@H](NC(=O)Cn2cnnc2)[C@@H](C(C)C)C1.Cl. The molecule has 2 atom stereocenters. The Balaban J connectivity index is 0.00000242. The molecule has 22 heavy (non-hydrogen) atoms. The van der Waals surface area contributed by atoms with Crippen molar-refractivity contribution in [3.05, 3.63) is 12.7 Å². The van der Waals surface area contributed by atoms with Crippen molar-refractivity contribution < 1.29 is 9.53 Å². The maximum atomic E-state index is 12.1. The Morgan fingerprint density at radius 1 is 1.36 bits per heavy atom. The van der Waals surface area contributed by atoms with Gasteiger partial charge in [-0.1, -0.05) is 13.8 Å². The van der Waals surface area contributed by atoms with Gasteiger partial charge in [-0.15, -0.1) is 22.6 Å². The van der Waals surface area contributed by atoms with Crippen LogP contribution in [0, 0.1) is 11.8 Å². The zero-order valence-corrected chi connectivity index (χ0v) is 14.3. The molecule has 0 radical (unpaired) electrons. The Bertz CT molecular complexity index is 440. The number of halogens is 1. The molecule has 1 aromatic rings. The number of likely N-dealkylation sites (tertiary alicyclic amines) is 1. The number of hydrogen-bond acceptors (Lipinski definition) is 5. The van der Waals surface area contributed by atoms with Gasteiger partial charge < -0.3 is 14.6 Å². The van der Waals surface area contributed by atoms with Crippen molar-refractivity contribution >= 4 is 18.3 Å². The van der Waals surface area contributed by atoms with Crippen molar-refractivity contribution in [2.45, 2.75) is 26.4 Å². The van der Waals surface area contributed by atoms with Gasteiger partial charge in [-0.3, -0.25) is 9.69 Å². The lowest BCUT2D eigenvalue weighted by Crippen LogP contribution is -2.43. The predicted molar refractivity (Wildman–Crippen MR) is 85.8 cm³/mol. The van der Waals surface area contributed by atoms with Gasteiger partial charge in [-0.25, -0.2) is 0 Å². The van der Waals surface area contributed by atoms with Crippen molar-refractivity contribution in [2.24, 2.45) is 11.8 Å². The normalized spacial score (nSPS) is 21.8.